The number of carbonyl (C=O) groups is 2. The maximum Gasteiger partial charge on any atom is 0.299 e. The van der Waals surface area contributed by atoms with Crippen LogP contribution in [0, 0.1) is 6.92 Å². The molecule has 9 nitrogen and oxygen atoms in total. The van der Waals surface area contributed by atoms with Crippen molar-refractivity contribution in [3.63, 3.8) is 0 Å². The number of hydrogen-bond donors (Lipinski definition) is 2. The van der Waals surface area contributed by atoms with Gasteiger partial charge >= 0.3 is 0 Å². The fourth-order valence-electron chi connectivity index (χ4n) is 6.61. The van der Waals surface area contributed by atoms with Gasteiger partial charge in [-0.05, 0) is 79.6 Å². The Kier molecular flexibility index (Phi) is 18.0. The summed E-state index contributed by atoms with van der Waals surface area (Å²) in [5.74, 6) is -0.474. The summed E-state index contributed by atoms with van der Waals surface area (Å²) in [5.41, 5.74) is 6.21. The number of aliphatic imine (C=N–C) groups is 2. The Morgan fingerprint density at radius 1 is 0.804 bits per heavy atom. The minimum atomic E-state index is -3.11. The number of carbonyl (C=O) groups excluding carboxylic acids is 2. The molecule has 1 heterocycles. The molecular formula is C42H53Cl4N5O4S. The molecule has 2 amide bonds. The van der Waals surface area contributed by atoms with Gasteiger partial charge in [-0.2, -0.15) is 0 Å². The lowest BCUT2D eigenvalue weighted by atomic mass is 9.92. The summed E-state index contributed by atoms with van der Waals surface area (Å²) in [4.78, 5) is 36.5. The molecule has 0 spiro atoms. The molecule has 4 rings (SSSR count). The zero-order valence-corrected chi connectivity index (χ0v) is 36.5. The Morgan fingerprint density at radius 3 is 2.02 bits per heavy atom. The number of nitrogens with zero attached hydrogens (tertiary/aromatic N) is 3. The quantitative estimate of drug-likeness (QED) is 0.103. The highest BCUT2D eigenvalue weighted by atomic mass is 35.5. The summed E-state index contributed by atoms with van der Waals surface area (Å²) < 4.78 is 23.7. The molecule has 0 aromatic heterocycles. The monoisotopic (exact) mass is 863 g/mol. The predicted molar refractivity (Wildman–Crippen MR) is 236 cm³/mol. The molecule has 0 bridgehead atoms. The van der Waals surface area contributed by atoms with E-state index < -0.39 is 15.7 Å². The molecule has 1 unspecified atom stereocenters. The molecule has 0 radical (unpaired) electrons. The fraction of sp³-hybridized carbons (Fsp3) is 0.476. The van der Waals surface area contributed by atoms with E-state index in [4.69, 9.17) is 56.4 Å². The van der Waals surface area contributed by atoms with Gasteiger partial charge in [0.05, 0.1) is 32.2 Å². The Balaban J connectivity index is 1.54. The van der Waals surface area contributed by atoms with E-state index in [1.165, 1.54) is 69.8 Å². The molecule has 1 atom stereocenters. The number of nitrogens with one attached hydrogen (secondary N) is 2. The van der Waals surface area contributed by atoms with E-state index in [2.05, 4.69) is 17.7 Å². The standard InChI is InChI=1S/C42H53Cl4N5O4S/c1-5-7-8-9-10-11-12-13-14-15-16-17-38(52)47-32-19-20-33(44)37(27-32)49-41-39(42(53)51(50-41)40-34(45)25-31(43)26-35(40)46)48-36-21-18-30(24-28(36)3)29(6-2)22-23-56(4,54)55/h18-21,24-27,29H,5-17,22-23H2,1-4H3,(H,47,52)(H,49,50). The van der Waals surface area contributed by atoms with Crippen molar-refractivity contribution < 1.29 is 18.0 Å². The van der Waals surface area contributed by atoms with E-state index in [1.807, 2.05) is 26.0 Å². The average molecular weight is 866 g/mol. The van der Waals surface area contributed by atoms with Crippen molar-refractivity contribution in [1.82, 2.24) is 5.43 Å². The Labute approximate surface area is 352 Å². The van der Waals surface area contributed by atoms with E-state index in [9.17, 15) is 18.0 Å². The highest BCUT2D eigenvalue weighted by Gasteiger charge is 2.37. The maximum absolute atomic E-state index is 14.1. The Morgan fingerprint density at radius 2 is 1.43 bits per heavy atom. The third-order valence-corrected chi connectivity index (χ3v) is 11.9. The summed E-state index contributed by atoms with van der Waals surface area (Å²) in [6, 6.07) is 13.6. The zero-order chi connectivity index (χ0) is 40.8. The van der Waals surface area contributed by atoms with Crippen molar-refractivity contribution in [2.24, 2.45) is 9.98 Å². The van der Waals surface area contributed by atoms with Crippen molar-refractivity contribution in [2.75, 3.05) is 22.3 Å². The summed E-state index contributed by atoms with van der Waals surface area (Å²) in [6.45, 7) is 6.13. The van der Waals surface area contributed by atoms with Crippen molar-refractivity contribution in [2.45, 2.75) is 117 Å². The Bertz CT molecular complexity index is 2000. The number of hydrazine groups is 1. The van der Waals surface area contributed by atoms with E-state index in [0.717, 1.165) is 41.8 Å². The highest BCUT2D eigenvalue weighted by Crippen LogP contribution is 2.38. The summed E-state index contributed by atoms with van der Waals surface area (Å²) in [7, 11) is -3.11. The molecule has 0 aliphatic carbocycles. The molecule has 1 aliphatic rings. The fourth-order valence-corrected chi connectivity index (χ4v) is 8.47. The second-order valence-corrected chi connectivity index (χ2v) is 18.4. The van der Waals surface area contributed by atoms with Crippen LogP contribution in [0.2, 0.25) is 20.1 Å². The van der Waals surface area contributed by atoms with E-state index in [0.29, 0.717) is 34.9 Å². The number of amidine groups is 1. The maximum atomic E-state index is 14.1. The summed E-state index contributed by atoms with van der Waals surface area (Å²) in [5, 5.41) is 4.96. The minimum absolute atomic E-state index is 0.0333. The third kappa shape index (κ3) is 13.8. The molecule has 2 N–H and O–H groups in total. The normalized spacial score (nSPS) is 15.1. The lowest BCUT2D eigenvalue weighted by molar-refractivity contribution is -0.116. The lowest BCUT2D eigenvalue weighted by Gasteiger charge is -2.18. The molecule has 1 saturated heterocycles. The molecular weight excluding hydrogens is 812 g/mol. The van der Waals surface area contributed by atoms with Crippen LogP contribution in [0.1, 0.15) is 121 Å². The van der Waals surface area contributed by atoms with Gasteiger partial charge in [0.2, 0.25) is 5.91 Å². The van der Waals surface area contributed by atoms with Gasteiger partial charge in [0.25, 0.3) is 5.91 Å². The first-order valence-corrected chi connectivity index (χ1v) is 23.1. The summed E-state index contributed by atoms with van der Waals surface area (Å²) in [6.07, 6.45) is 16.1. The van der Waals surface area contributed by atoms with Crippen LogP contribution in [0.25, 0.3) is 0 Å². The van der Waals surface area contributed by atoms with Crippen molar-refractivity contribution in [3.05, 3.63) is 79.7 Å². The number of amides is 2. The largest absolute Gasteiger partial charge is 0.326 e. The SMILES string of the molecule is CCCCCCCCCCCCCC(=O)Nc1ccc(Cl)c(N=C2NN(c3c(Cl)cc(Cl)cc3Cl)C(=O)C2=Nc2ccc(C(CC)CCS(C)(=O)=O)cc2C)c1. The first kappa shape index (κ1) is 45.6. The second-order valence-electron chi connectivity index (χ2n) is 14.5. The number of hydrogen-bond acceptors (Lipinski definition) is 6. The molecule has 3 aromatic carbocycles. The number of rotatable bonds is 21. The van der Waals surface area contributed by atoms with E-state index in [-0.39, 0.29) is 49.9 Å². The van der Waals surface area contributed by atoms with Crippen molar-refractivity contribution >= 4 is 102 Å². The van der Waals surface area contributed by atoms with Crippen LogP contribution in [0.3, 0.4) is 0 Å². The van der Waals surface area contributed by atoms with Crippen molar-refractivity contribution in [3.8, 4) is 0 Å². The zero-order valence-electron chi connectivity index (χ0n) is 32.7. The molecule has 304 valence electrons. The van der Waals surface area contributed by atoms with Gasteiger partial charge in [0, 0.05) is 23.4 Å². The topological polar surface area (TPSA) is 120 Å². The van der Waals surface area contributed by atoms with Gasteiger partial charge in [-0.15, -0.1) is 0 Å². The number of aryl methyl sites for hydroxylation is 1. The van der Waals surface area contributed by atoms with Crippen LogP contribution in [-0.4, -0.2) is 43.8 Å². The smallest absolute Gasteiger partial charge is 0.299 e. The van der Waals surface area contributed by atoms with Crippen molar-refractivity contribution in [1.29, 1.82) is 0 Å². The third-order valence-electron chi connectivity index (χ3n) is 9.78. The van der Waals surface area contributed by atoms with E-state index in [1.54, 1.807) is 24.3 Å². The molecule has 1 fully saturated rings. The van der Waals surface area contributed by atoms with Crippen LogP contribution in [0.5, 0.6) is 0 Å². The first-order valence-electron chi connectivity index (χ1n) is 19.5. The molecule has 0 saturated carbocycles. The molecule has 56 heavy (non-hydrogen) atoms. The van der Waals surface area contributed by atoms with Gasteiger partial charge in [-0.1, -0.05) is 137 Å². The van der Waals surface area contributed by atoms with Crippen LogP contribution in [0.4, 0.5) is 22.7 Å². The second kappa shape index (κ2) is 22.1. The Hall–Kier alpha value is -3.15. The van der Waals surface area contributed by atoms with Crippen LogP contribution >= 0.6 is 46.4 Å². The number of halogens is 4. The van der Waals surface area contributed by atoms with Gasteiger partial charge in [0.1, 0.15) is 15.5 Å². The molecule has 3 aromatic rings. The summed E-state index contributed by atoms with van der Waals surface area (Å²) >= 11 is 25.9. The van der Waals surface area contributed by atoms with Gasteiger partial charge in [-0.25, -0.2) is 23.4 Å². The number of benzene rings is 3. The number of anilines is 2. The van der Waals surface area contributed by atoms with Crippen LogP contribution < -0.4 is 15.8 Å². The minimum Gasteiger partial charge on any atom is -0.326 e. The highest BCUT2D eigenvalue weighted by molar-refractivity contribution is 7.90. The molecule has 14 heteroatoms. The lowest BCUT2D eigenvalue weighted by Crippen LogP contribution is -2.36. The average Bonchev–Trinajstić information content (AvgIpc) is 3.42. The van der Waals surface area contributed by atoms with Crippen LogP contribution in [-0.2, 0) is 19.4 Å². The number of unbranched alkanes of at least 4 members (excludes halogenated alkanes) is 10. The van der Waals surface area contributed by atoms with Gasteiger partial charge in [-0.3, -0.25) is 15.0 Å². The van der Waals surface area contributed by atoms with E-state index >= 15 is 0 Å². The first-order chi connectivity index (χ1) is 26.7. The predicted octanol–water partition coefficient (Wildman–Crippen LogP) is 12.5. The van der Waals surface area contributed by atoms with Gasteiger partial charge < -0.3 is 5.32 Å². The van der Waals surface area contributed by atoms with Crippen LogP contribution in [0.15, 0.2) is 58.5 Å². The molecule has 1 aliphatic heterocycles. The van der Waals surface area contributed by atoms with Gasteiger partial charge in [0.15, 0.2) is 11.5 Å². The number of sulfone groups is 1.